The van der Waals surface area contributed by atoms with Gasteiger partial charge in [0.2, 0.25) is 5.91 Å². The molecule has 2 aromatic rings. The summed E-state index contributed by atoms with van der Waals surface area (Å²) in [4.78, 5) is 17.4. The summed E-state index contributed by atoms with van der Waals surface area (Å²) in [7, 11) is 0. The van der Waals surface area contributed by atoms with Gasteiger partial charge in [-0.05, 0) is 47.7 Å². The molecule has 0 spiro atoms. The largest absolute Gasteiger partial charge is 0.352 e. The fourth-order valence-electron chi connectivity index (χ4n) is 4.17. The van der Waals surface area contributed by atoms with Gasteiger partial charge >= 0.3 is 0 Å². The van der Waals surface area contributed by atoms with Crippen molar-refractivity contribution in [3.63, 3.8) is 0 Å². The van der Waals surface area contributed by atoms with Crippen LogP contribution in [0.3, 0.4) is 0 Å². The number of benzene rings is 2. The molecule has 2 aromatic carbocycles. The molecular weight excluding hydrogens is 365 g/mol. The summed E-state index contributed by atoms with van der Waals surface area (Å²) in [6.45, 7) is 9.47. The van der Waals surface area contributed by atoms with Crippen LogP contribution in [0.1, 0.15) is 36.0 Å². The first-order chi connectivity index (χ1) is 14.1. The number of carbonyl (C=O) groups excluding carboxylic acids is 1. The number of rotatable bonds is 7. The van der Waals surface area contributed by atoms with Crippen LogP contribution in [-0.2, 0) is 17.9 Å². The van der Waals surface area contributed by atoms with Gasteiger partial charge in [0.05, 0.1) is 0 Å². The number of hydrogen-bond donors (Lipinski definition) is 1. The molecule has 1 aliphatic heterocycles. The van der Waals surface area contributed by atoms with E-state index in [4.69, 9.17) is 0 Å². The first kappa shape index (κ1) is 20.0. The van der Waals surface area contributed by atoms with Gasteiger partial charge in [-0.3, -0.25) is 9.69 Å². The van der Waals surface area contributed by atoms with Gasteiger partial charge < -0.3 is 10.2 Å². The maximum absolute atomic E-state index is 13.0. The summed E-state index contributed by atoms with van der Waals surface area (Å²) in [6.07, 6.45) is 0.849. The molecule has 2 aliphatic rings. The molecule has 1 N–H and O–H groups in total. The fraction of sp³-hybridized carbons (Fsp3) is 0.458. The normalized spacial score (nSPS) is 22.4. The van der Waals surface area contributed by atoms with Gasteiger partial charge in [-0.15, -0.1) is 0 Å². The van der Waals surface area contributed by atoms with E-state index < -0.39 is 0 Å². The number of likely N-dealkylation sites (N-methyl/N-ethyl adjacent to an activating group) is 1. The molecule has 29 heavy (non-hydrogen) atoms. The van der Waals surface area contributed by atoms with Crippen molar-refractivity contribution >= 4 is 5.91 Å². The van der Waals surface area contributed by atoms with E-state index in [9.17, 15) is 9.18 Å². The van der Waals surface area contributed by atoms with Crippen molar-refractivity contribution in [2.24, 2.45) is 5.92 Å². The van der Waals surface area contributed by atoms with Crippen LogP contribution in [0.15, 0.2) is 48.5 Å². The zero-order valence-electron chi connectivity index (χ0n) is 17.1. The molecule has 1 amide bonds. The standard InChI is InChI=1S/C24H30FN3O/c1-2-27-11-13-28(14-12-27)17-19-5-3-18(4-6-19)16-26-24(29)23-15-22(23)20-7-9-21(25)10-8-20/h3-10,22-23H,2,11-17H2,1H3,(H,26,29). The third kappa shape index (κ3) is 5.22. The lowest BCUT2D eigenvalue weighted by Crippen LogP contribution is -2.45. The highest BCUT2D eigenvalue weighted by molar-refractivity contribution is 5.82. The van der Waals surface area contributed by atoms with Crippen molar-refractivity contribution in [2.45, 2.75) is 32.4 Å². The van der Waals surface area contributed by atoms with Crippen molar-refractivity contribution in [1.29, 1.82) is 0 Å². The van der Waals surface area contributed by atoms with Gasteiger partial charge in [-0.2, -0.15) is 0 Å². The number of piperazine rings is 1. The number of amides is 1. The minimum Gasteiger partial charge on any atom is -0.352 e. The van der Waals surface area contributed by atoms with Crippen molar-refractivity contribution in [3.8, 4) is 0 Å². The van der Waals surface area contributed by atoms with Gasteiger partial charge in [0.1, 0.15) is 5.82 Å². The molecule has 0 aromatic heterocycles. The zero-order chi connectivity index (χ0) is 20.2. The zero-order valence-corrected chi connectivity index (χ0v) is 17.1. The van der Waals surface area contributed by atoms with Crippen molar-refractivity contribution < 1.29 is 9.18 Å². The van der Waals surface area contributed by atoms with E-state index in [0.29, 0.717) is 6.54 Å². The van der Waals surface area contributed by atoms with Crippen molar-refractivity contribution in [1.82, 2.24) is 15.1 Å². The molecule has 0 bridgehead atoms. The van der Waals surface area contributed by atoms with Crippen molar-refractivity contribution in [3.05, 3.63) is 71.0 Å². The van der Waals surface area contributed by atoms with Gasteiger partial charge in [0, 0.05) is 45.2 Å². The lowest BCUT2D eigenvalue weighted by atomic mass is 10.1. The lowest BCUT2D eigenvalue weighted by molar-refractivity contribution is -0.122. The second-order valence-electron chi connectivity index (χ2n) is 8.24. The Morgan fingerprint density at radius 3 is 2.24 bits per heavy atom. The summed E-state index contributed by atoms with van der Waals surface area (Å²) >= 11 is 0. The molecule has 154 valence electrons. The number of nitrogens with zero attached hydrogens (tertiary/aromatic N) is 2. The van der Waals surface area contributed by atoms with E-state index >= 15 is 0 Å². The predicted molar refractivity (Wildman–Crippen MR) is 113 cm³/mol. The Morgan fingerprint density at radius 2 is 1.59 bits per heavy atom. The first-order valence-corrected chi connectivity index (χ1v) is 10.7. The molecule has 5 heteroatoms. The highest BCUT2D eigenvalue weighted by atomic mass is 19.1. The Balaban J connectivity index is 1.21. The van der Waals surface area contributed by atoms with Crippen LogP contribution in [0.4, 0.5) is 4.39 Å². The third-order valence-corrected chi connectivity index (χ3v) is 6.23. The van der Waals surface area contributed by atoms with Crippen molar-refractivity contribution in [2.75, 3.05) is 32.7 Å². The van der Waals surface area contributed by atoms with Crippen LogP contribution in [0.2, 0.25) is 0 Å². The van der Waals surface area contributed by atoms with Crippen LogP contribution in [0.5, 0.6) is 0 Å². The van der Waals surface area contributed by atoms with Crippen LogP contribution in [0.25, 0.3) is 0 Å². The van der Waals surface area contributed by atoms with Gasteiger partial charge in [0.25, 0.3) is 0 Å². The minimum atomic E-state index is -0.234. The molecule has 1 saturated heterocycles. The smallest absolute Gasteiger partial charge is 0.224 e. The molecule has 2 atom stereocenters. The molecule has 0 radical (unpaired) electrons. The van der Waals surface area contributed by atoms with Crippen LogP contribution in [0, 0.1) is 11.7 Å². The Hall–Kier alpha value is -2.24. The Labute approximate surface area is 172 Å². The summed E-state index contributed by atoms with van der Waals surface area (Å²) in [5.41, 5.74) is 3.50. The molecular formula is C24H30FN3O. The predicted octanol–water partition coefficient (Wildman–Crippen LogP) is 3.38. The van der Waals surface area contributed by atoms with E-state index in [2.05, 4.69) is 46.3 Å². The van der Waals surface area contributed by atoms with E-state index in [-0.39, 0.29) is 23.6 Å². The molecule has 4 rings (SSSR count). The number of hydrogen-bond acceptors (Lipinski definition) is 3. The highest BCUT2D eigenvalue weighted by Crippen LogP contribution is 2.47. The van der Waals surface area contributed by atoms with Gasteiger partial charge in [-0.1, -0.05) is 43.3 Å². The lowest BCUT2D eigenvalue weighted by Gasteiger charge is -2.34. The van der Waals surface area contributed by atoms with Gasteiger partial charge in [-0.25, -0.2) is 4.39 Å². The Morgan fingerprint density at radius 1 is 0.966 bits per heavy atom. The summed E-state index contributed by atoms with van der Waals surface area (Å²) in [5.74, 6) is 0.104. The SMILES string of the molecule is CCN1CCN(Cc2ccc(CNC(=O)C3CC3c3ccc(F)cc3)cc2)CC1. The quantitative estimate of drug-likeness (QED) is 0.781. The maximum Gasteiger partial charge on any atom is 0.224 e. The fourth-order valence-corrected chi connectivity index (χ4v) is 4.17. The highest BCUT2D eigenvalue weighted by Gasteiger charge is 2.43. The molecule has 1 aliphatic carbocycles. The number of nitrogens with one attached hydrogen (secondary N) is 1. The second kappa shape index (κ2) is 9.06. The molecule has 1 saturated carbocycles. The average molecular weight is 396 g/mol. The summed E-state index contributed by atoms with van der Waals surface area (Å²) in [5, 5.41) is 3.06. The number of halogens is 1. The topological polar surface area (TPSA) is 35.6 Å². The molecule has 4 nitrogen and oxygen atoms in total. The van der Waals surface area contributed by atoms with Crippen LogP contribution >= 0.6 is 0 Å². The summed E-state index contributed by atoms with van der Waals surface area (Å²) in [6, 6.07) is 15.1. The van der Waals surface area contributed by atoms with E-state index in [1.54, 1.807) is 12.1 Å². The minimum absolute atomic E-state index is 0.0153. The van der Waals surface area contributed by atoms with E-state index in [1.807, 2.05) is 0 Å². The maximum atomic E-state index is 13.0. The molecule has 1 heterocycles. The number of carbonyl (C=O) groups is 1. The third-order valence-electron chi connectivity index (χ3n) is 6.23. The molecule has 2 fully saturated rings. The van der Waals surface area contributed by atoms with E-state index in [1.165, 1.54) is 17.7 Å². The Kier molecular flexibility index (Phi) is 6.26. The second-order valence-corrected chi connectivity index (χ2v) is 8.24. The first-order valence-electron chi connectivity index (χ1n) is 10.7. The Bertz CT molecular complexity index is 813. The van der Waals surface area contributed by atoms with Crippen LogP contribution < -0.4 is 5.32 Å². The van der Waals surface area contributed by atoms with E-state index in [0.717, 1.165) is 56.8 Å². The molecule has 2 unspecified atom stereocenters. The summed E-state index contributed by atoms with van der Waals surface area (Å²) < 4.78 is 13.0. The monoisotopic (exact) mass is 395 g/mol. The van der Waals surface area contributed by atoms with Crippen LogP contribution in [-0.4, -0.2) is 48.4 Å². The average Bonchev–Trinajstić information content (AvgIpc) is 3.55. The van der Waals surface area contributed by atoms with Gasteiger partial charge in [0.15, 0.2) is 0 Å².